The lowest BCUT2D eigenvalue weighted by atomic mass is 10.3. The number of pyridine rings is 1. The number of halogens is 1. The molecular formula is C10H10FNO3. The molecule has 1 unspecified atom stereocenters. The quantitative estimate of drug-likeness (QED) is 0.683. The van der Waals surface area contributed by atoms with Crippen LogP contribution in [-0.4, -0.2) is 23.8 Å². The van der Waals surface area contributed by atoms with Crippen LogP contribution in [0.5, 0.6) is 0 Å². The van der Waals surface area contributed by atoms with E-state index in [-0.39, 0.29) is 5.56 Å². The summed E-state index contributed by atoms with van der Waals surface area (Å²) in [7, 11) is 1.20. The van der Waals surface area contributed by atoms with E-state index in [0.717, 1.165) is 0 Å². The number of carbonyl (C=O) groups excluding carboxylic acids is 1. The van der Waals surface area contributed by atoms with E-state index in [1.165, 1.54) is 23.9 Å². The molecule has 0 N–H and O–H groups in total. The van der Waals surface area contributed by atoms with Crippen LogP contribution < -0.4 is 5.56 Å². The van der Waals surface area contributed by atoms with Crippen molar-refractivity contribution in [2.24, 2.45) is 0 Å². The molecule has 15 heavy (non-hydrogen) atoms. The number of alkyl halides is 1. The van der Waals surface area contributed by atoms with E-state index in [1.54, 1.807) is 6.07 Å². The van der Waals surface area contributed by atoms with Crippen LogP contribution in [0.4, 0.5) is 4.39 Å². The van der Waals surface area contributed by atoms with Gasteiger partial charge in [-0.25, -0.2) is 9.18 Å². The average molecular weight is 211 g/mol. The Morgan fingerprint density at radius 2 is 2.33 bits per heavy atom. The van der Waals surface area contributed by atoms with Crippen LogP contribution in [0.2, 0.25) is 0 Å². The molecule has 1 aromatic heterocycles. The Balaban J connectivity index is 2.42. The second-order valence-electron chi connectivity index (χ2n) is 3.44. The Morgan fingerprint density at radius 1 is 1.67 bits per heavy atom. The third-order valence-corrected chi connectivity index (χ3v) is 2.42. The number of ether oxygens (including phenoxy) is 1. The lowest BCUT2D eigenvalue weighted by Gasteiger charge is -2.04. The van der Waals surface area contributed by atoms with Crippen LogP contribution >= 0.6 is 0 Å². The molecule has 0 amide bonds. The lowest BCUT2D eigenvalue weighted by molar-refractivity contribution is 0.0598. The lowest BCUT2D eigenvalue weighted by Crippen LogP contribution is -2.26. The van der Waals surface area contributed by atoms with Crippen LogP contribution in [0, 0.1) is 0 Å². The van der Waals surface area contributed by atoms with Crippen LogP contribution in [0.15, 0.2) is 23.1 Å². The highest BCUT2D eigenvalue weighted by atomic mass is 19.1. The van der Waals surface area contributed by atoms with Gasteiger partial charge in [-0.15, -0.1) is 0 Å². The predicted octanol–water partition coefficient (Wildman–Crippen LogP) is 0.918. The van der Waals surface area contributed by atoms with Gasteiger partial charge in [0.25, 0.3) is 5.56 Å². The van der Waals surface area contributed by atoms with Crippen LogP contribution in [0.1, 0.15) is 22.8 Å². The molecular weight excluding hydrogens is 201 g/mol. The molecule has 0 aliphatic heterocycles. The van der Waals surface area contributed by atoms with Crippen molar-refractivity contribution >= 4 is 5.97 Å². The fraction of sp³-hybridized carbons (Fsp3) is 0.400. The van der Waals surface area contributed by atoms with Crippen LogP contribution in [0.3, 0.4) is 0 Å². The molecule has 1 aliphatic carbocycles. The summed E-state index contributed by atoms with van der Waals surface area (Å²) in [5.41, 5.74) is -0.548. The monoisotopic (exact) mass is 211 g/mol. The van der Waals surface area contributed by atoms with Gasteiger partial charge in [0.05, 0.1) is 13.2 Å². The SMILES string of the molecule is COC(=O)c1cccn(C2C[C@H]2F)c1=O. The molecule has 4 nitrogen and oxygen atoms in total. The highest BCUT2D eigenvalue weighted by Gasteiger charge is 2.40. The molecule has 1 saturated carbocycles. The van der Waals surface area contributed by atoms with Gasteiger partial charge >= 0.3 is 5.97 Å². The Morgan fingerprint density at radius 3 is 2.87 bits per heavy atom. The molecule has 0 aromatic carbocycles. The zero-order valence-corrected chi connectivity index (χ0v) is 8.14. The largest absolute Gasteiger partial charge is 0.465 e. The topological polar surface area (TPSA) is 48.3 Å². The van der Waals surface area contributed by atoms with Gasteiger partial charge in [-0.05, 0) is 12.1 Å². The maximum Gasteiger partial charge on any atom is 0.343 e. The van der Waals surface area contributed by atoms with Gasteiger partial charge in [-0.3, -0.25) is 4.79 Å². The third kappa shape index (κ3) is 1.65. The number of aromatic nitrogens is 1. The van der Waals surface area contributed by atoms with Crippen molar-refractivity contribution in [3.05, 3.63) is 34.2 Å². The first-order chi connectivity index (χ1) is 7.15. The molecule has 1 fully saturated rings. The van der Waals surface area contributed by atoms with Gasteiger partial charge < -0.3 is 9.30 Å². The Kier molecular flexibility index (Phi) is 2.30. The molecule has 0 bridgehead atoms. The fourth-order valence-corrected chi connectivity index (χ4v) is 1.48. The van der Waals surface area contributed by atoms with Crippen molar-refractivity contribution in [3.63, 3.8) is 0 Å². The second-order valence-corrected chi connectivity index (χ2v) is 3.44. The van der Waals surface area contributed by atoms with Gasteiger partial charge in [0.2, 0.25) is 0 Å². The normalized spacial score (nSPS) is 23.6. The van der Waals surface area contributed by atoms with E-state index in [9.17, 15) is 14.0 Å². The number of hydrogen-bond donors (Lipinski definition) is 0. The molecule has 80 valence electrons. The van der Waals surface area contributed by atoms with Crippen LogP contribution in [0.25, 0.3) is 0 Å². The van der Waals surface area contributed by atoms with E-state index in [1.807, 2.05) is 0 Å². The summed E-state index contributed by atoms with van der Waals surface area (Å²) in [5.74, 6) is -0.689. The molecule has 0 radical (unpaired) electrons. The van der Waals surface area contributed by atoms with Crippen molar-refractivity contribution in [2.75, 3.05) is 7.11 Å². The number of nitrogens with zero attached hydrogens (tertiary/aromatic N) is 1. The average Bonchev–Trinajstić information content (AvgIpc) is 2.94. The Labute approximate surface area is 85.3 Å². The van der Waals surface area contributed by atoms with E-state index >= 15 is 0 Å². The highest BCUT2D eigenvalue weighted by Crippen LogP contribution is 2.37. The van der Waals surface area contributed by atoms with E-state index in [0.29, 0.717) is 6.42 Å². The van der Waals surface area contributed by atoms with Crippen molar-refractivity contribution in [3.8, 4) is 0 Å². The van der Waals surface area contributed by atoms with Gasteiger partial charge in [0.15, 0.2) is 0 Å². The van der Waals surface area contributed by atoms with Gasteiger partial charge in [-0.1, -0.05) is 0 Å². The van der Waals surface area contributed by atoms with Crippen molar-refractivity contribution < 1.29 is 13.9 Å². The number of rotatable bonds is 2. The standard InChI is InChI=1S/C10H10FNO3/c1-15-10(14)6-3-2-4-12(9(6)13)8-5-7(8)11/h2-4,7-8H,5H2,1H3/t7-,8?/m1/s1. The van der Waals surface area contributed by atoms with Crippen molar-refractivity contribution in [2.45, 2.75) is 18.6 Å². The minimum Gasteiger partial charge on any atom is -0.465 e. The minimum atomic E-state index is -0.976. The molecule has 2 atom stereocenters. The van der Waals surface area contributed by atoms with Crippen molar-refractivity contribution in [1.82, 2.24) is 4.57 Å². The summed E-state index contributed by atoms with van der Waals surface area (Å²) in [6, 6.07) is 2.50. The first-order valence-corrected chi connectivity index (χ1v) is 4.58. The number of methoxy groups -OCH3 is 1. The molecule has 5 heteroatoms. The molecule has 2 rings (SSSR count). The summed E-state index contributed by atoms with van der Waals surface area (Å²) in [5, 5.41) is 0. The molecule has 1 aromatic rings. The van der Waals surface area contributed by atoms with Gasteiger partial charge in [-0.2, -0.15) is 0 Å². The maximum atomic E-state index is 12.8. The third-order valence-electron chi connectivity index (χ3n) is 2.42. The first-order valence-electron chi connectivity index (χ1n) is 4.58. The predicted molar refractivity (Wildman–Crippen MR) is 50.6 cm³/mol. The molecule has 1 aliphatic rings. The Bertz CT molecular complexity index is 454. The first kappa shape index (κ1) is 9.89. The minimum absolute atomic E-state index is 0.0564. The van der Waals surface area contributed by atoms with Crippen LogP contribution in [-0.2, 0) is 4.74 Å². The maximum absolute atomic E-state index is 12.8. The van der Waals surface area contributed by atoms with Gasteiger partial charge in [0, 0.05) is 12.6 Å². The molecule has 0 saturated heterocycles. The molecule has 1 heterocycles. The second kappa shape index (κ2) is 3.49. The smallest absolute Gasteiger partial charge is 0.343 e. The number of carbonyl (C=O) groups is 1. The van der Waals surface area contributed by atoms with Gasteiger partial charge in [0.1, 0.15) is 11.7 Å². The fourth-order valence-electron chi connectivity index (χ4n) is 1.48. The number of hydrogen-bond acceptors (Lipinski definition) is 3. The summed E-state index contributed by atoms with van der Waals surface area (Å²) < 4.78 is 18.5. The van der Waals surface area contributed by atoms with E-state index in [2.05, 4.69) is 4.74 Å². The zero-order chi connectivity index (χ0) is 11.0. The van der Waals surface area contributed by atoms with E-state index in [4.69, 9.17) is 0 Å². The zero-order valence-electron chi connectivity index (χ0n) is 8.14. The summed E-state index contributed by atoms with van der Waals surface area (Å²) in [4.78, 5) is 22.9. The number of esters is 1. The summed E-state index contributed by atoms with van der Waals surface area (Å²) in [6.45, 7) is 0. The van der Waals surface area contributed by atoms with E-state index < -0.39 is 23.7 Å². The highest BCUT2D eigenvalue weighted by molar-refractivity contribution is 5.88. The molecule has 0 spiro atoms. The Hall–Kier alpha value is -1.65. The summed E-state index contributed by atoms with van der Waals surface area (Å²) >= 11 is 0. The van der Waals surface area contributed by atoms with Crippen molar-refractivity contribution in [1.29, 1.82) is 0 Å². The summed E-state index contributed by atoms with van der Waals surface area (Å²) in [6.07, 6.45) is 0.847.